The second-order valence-electron chi connectivity index (χ2n) is 12.6. The minimum Gasteiger partial charge on any atom is -0.370 e. The fraction of sp³-hybridized carbons (Fsp3) is 0.543. The van der Waals surface area contributed by atoms with Crippen molar-refractivity contribution in [3.05, 3.63) is 53.5 Å². The van der Waals surface area contributed by atoms with Gasteiger partial charge in [-0.1, -0.05) is 56.3 Å². The molecule has 3 fully saturated rings. The number of rotatable bonds is 9. The number of benzene rings is 2. The Balaban J connectivity index is 1.23. The predicted octanol–water partition coefficient (Wildman–Crippen LogP) is 6.71. The number of ketones is 1. The number of amides is 2. The van der Waals surface area contributed by atoms with Gasteiger partial charge in [-0.25, -0.2) is 4.98 Å². The molecule has 1 N–H and O–H groups in total. The van der Waals surface area contributed by atoms with Gasteiger partial charge in [0.05, 0.1) is 16.3 Å². The third-order valence-electron chi connectivity index (χ3n) is 9.86. The lowest BCUT2D eigenvalue weighted by Crippen LogP contribution is -2.54. The van der Waals surface area contributed by atoms with Crippen LogP contribution in [0.2, 0.25) is 0 Å². The number of nitrogens with one attached hydrogen (secondary N) is 1. The molecule has 0 bridgehead atoms. The van der Waals surface area contributed by atoms with Crippen molar-refractivity contribution in [2.75, 3.05) is 13.2 Å². The third-order valence-corrected chi connectivity index (χ3v) is 11.0. The summed E-state index contributed by atoms with van der Waals surface area (Å²) >= 11 is 1.67. The average Bonchev–Trinajstić information content (AvgIpc) is 3.84. The zero-order valence-electron chi connectivity index (χ0n) is 25.3. The summed E-state index contributed by atoms with van der Waals surface area (Å²) < 4.78 is 6.79. The van der Waals surface area contributed by atoms with Gasteiger partial charge in [-0.2, -0.15) is 0 Å². The van der Waals surface area contributed by atoms with E-state index in [9.17, 15) is 14.4 Å². The number of carbonyl (C=O) groups is 3. The molecule has 2 aromatic carbocycles. The molecule has 1 aromatic heterocycles. The van der Waals surface area contributed by atoms with Crippen LogP contribution in [-0.2, 0) is 19.1 Å². The van der Waals surface area contributed by atoms with Gasteiger partial charge in [0, 0.05) is 30.6 Å². The second-order valence-corrected chi connectivity index (χ2v) is 13.6. The smallest absolute Gasteiger partial charge is 0.246 e. The summed E-state index contributed by atoms with van der Waals surface area (Å²) in [5.74, 6) is -0.00962. The molecule has 3 heterocycles. The summed E-state index contributed by atoms with van der Waals surface area (Å²) in [7, 11) is 0. The summed E-state index contributed by atoms with van der Waals surface area (Å²) in [6.07, 6.45) is 6.99. The molecule has 7 nitrogen and oxygen atoms in total. The molecule has 2 aliphatic heterocycles. The van der Waals surface area contributed by atoms with Crippen LogP contribution < -0.4 is 5.32 Å². The van der Waals surface area contributed by atoms with Gasteiger partial charge in [-0.3, -0.25) is 14.4 Å². The zero-order chi connectivity index (χ0) is 29.9. The molecule has 3 aliphatic rings. The minimum absolute atomic E-state index is 0.00408. The third kappa shape index (κ3) is 6.27. The van der Waals surface area contributed by atoms with E-state index in [2.05, 4.69) is 35.6 Å². The van der Waals surface area contributed by atoms with Crippen molar-refractivity contribution < 1.29 is 19.1 Å². The molecule has 1 saturated carbocycles. The number of carbonyl (C=O) groups excluding carboxylic acids is 3. The van der Waals surface area contributed by atoms with Crippen LogP contribution in [-0.4, -0.2) is 52.8 Å². The maximum atomic E-state index is 14.4. The lowest BCUT2D eigenvalue weighted by molar-refractivity contribution is -0.140. The first kappa shape index (κ1) is 29.9. The van der Waals surface area contributed by atoms with Gasteiger partial charge in [0.15, 0.2) is 5.78 Å². The summed E-state index contributed by atoms with van der Waals surface area (Å²) in [4.78, 5) is 47.7. The molecule has 3 aromatic rings. The first-order valence-electron chi connectivity index (χ1n) is 16.2. The molecule has 8 heteroatoms. The second kappa shape index (κ2) is 13.3. The van der Waals surface area contributed by atoms with Crippen molar-refractivity contribution in [3.63, 3.8) is 0 Å². The van der Waals surface area contributed by atoms with E-state index in [0.717, 1.165) is 84.1 Å². The Hall–Kier alpha value is -3.10. The molecular formula is C35H43N3O4S. The Labute approximate surface area is 258 Å². The predicted molar refractivity (Wildman–Crippen MR) is 170 cm³/mol. The summed E-state index contributed by atoms with van der Waals surface area (Å²) in [6, 6.07) is 15.9. The fourth-order valence-corrected chi connectivity index (χ4v) is 8.23. The number of Topliss-reactive ketones (excluding diaryl/α,β-unsaturated/α-hetero) is 1. The van der Waals surface area contributed by atoms with Gasteiger partial charge in [0.2, 0.25) is 11.8 Å². The van der Waals surface area contributed by atoms with Crippen molar-refractivity contribution in [2.24, 2.45) is 17.8 Å². The largest absolute Gasteiger partial charge is 0.370 e. The molecular weight excluding hydrogens is 558 g/mol. The lowest BCUT2D eigenvalue weighted by Gasteiger charge is -2.37. The van der Waals surface area contributed by atoms with Crippen LogP contribution in [0.4, 0.5) is 0 Å². The number of hydrogen-bond donors (Lipinski definition) is 1. The van der Waals surface area contributed by atoms with Crippen LogP contribution in [0.5, 0.6) is 0 Å². The molecule has 2 amide bonds. The summed E-state index contributed by atoms with van der Waals surface area (Å²) in [5, 5.41) is 4.15. The van der Waals surface area contributed by atoms with Crippen LogP contribution in [0, 0.1) is 17.8 Å². The van der Waals surface area contributed by atoms with E-state index in [0.29, 0.717) is 13.2 Å². The topological polar surface area (TPSA) is 88.6 Å². The van der Waals surface area contributed by atoms with Crippen molar-refractivity contribution in [2.45, 2.75) is 89.8 Å². The summed E-state index contributed by atoms with van der Waals surface area (Å²) in [6.45, 7) is 5.24. The van der Waals surface area contributed by atoms with E-state index < -0.39 is 6.04 Å². The van der Waals surface area contributed by atoms with Gasteiger partial charge >= 0.3 is 0 Å². The molecule has 4 atom stereocenters. The first-order chi connectivity index (χ1) is 20.9. The van der Waals surface area contributed by atoms with Gasteiger partial charge in [-0.05, 0) is 75.3 Å². The highest BCUT2D eigenvalue weighted by Crippen LogP contribution is 2.41. The standard InChI is InChI=1S/C35H43N3O4S/c1-3-22(2)33(40)36-30(24-16-18-25(19-17-24)32(39)28-14-9-21-42-28)35(41)38-20-8-13-27(38)34-37-31-26(12-7-15-29(31)43-34)23-10-5-4-6-11-23/h4-7,10-12,15,22,24-25,27-28,30H,3,8-9,13-14,16-21H2,1-2H3,(H,36,40)/t22-,24?,25?,27+,28-,30+/m1/s1. The number of para-hydroxylation sites is 1. The Morgan fingerprint density at radius 2 is 1.79 bits per heavy atom. The van der Waals surface area contributed by atoms with Crippen molar-refractivity contribution >= 4 is 39.2 Å². The van der Waals surface area contributed by atoms with E-state index >= 15 is 0 Å². The SMILES string of the molecule is CC[C@@H](C)C(=O)N[C@H](C(=O)N1CCC[C@H]1c1nc2c(-c3ccccc3)cccc2s1)C1CCC(C(=O)[C@H]2CCCO2)CC1. The molecule has 0 spiro atoms. The van der Waals surface area contributed by atoms with Crippen LogP contribution in [0.25, 0.3) is 21.3 Å². The Kier molecular flexibility index (Phi) is 9.24. The molecule has 6 rings (SSSR count). The van der Waals surface area contributed by atoms with Crippen molar-refractivity contribution in [3.8, 4) is 11.1 Å². The van der Waals surface area contributed by atoms with E-state index in [1.807, 2.05) is 36.9 Å². The molecule has 228 valence electrons. The number of thiazole rings is 1. The lowest BCUT2D eigenvalue weighted by atomic mass is 9.75. The van der Waals surface area contributed by atoms with Gasteiger partial charge in [-0.15, -0.1) is 11.3 Å². The highest BCUT2D eigenvalue weighted by molar-refractivity contribution is 7.18. The molecule has 43 heavy (non-hydrogen) atoms. The van der Waals surface area contributed by atoms with E-state index in [-0.39, 0.29) is 47.5 Å². The highest BCUT2D eigenvalue weighted by Gasteiger charge is 2.42. The summed E-state index contributed by atoms with van der Waals surface area (Å²) in [5.41, 5.74) is 3.21. The number of ether oxygens (including phenoxy) is 1. The highest BCUT2D eigenvalue weighted by atomic mass is 32.1. The van der Waals surface area contributed by atoms with Gasteiger partial charge in [0.25, 0.3) is 0 Å². The average molecular weight is 602 g/mol. The van der Waals surface area contributed by atoms with E-state index in [1.54, 1.807) is 11.3 Å². The number of likely N-dealkylation sites (tertiary alicyclic amines) is 1. The van der Waals surface area contributed by atoms with Crippen LogP contribution in [0.15, 0.2) is 48.5 Å². The molecule has 1 aliphatic carbocycles. The number of hydrogen-bond acceptors (Lipinski definition) is 6. The van der Waals surface area contributed by atoms with Crippen molar-refractivity contribution in [1.29, 1.82) is 0 Å². The first-order valence-corrected chi connectivity index (χ1v) is 17.0. The Bertz CT molecular complexity index is 1440. The quantitative estimate of drug-likeness (QED) is 0.294. The molecule has 0 unspecified atom stereocenters. The van der Waals surface area contributed by atoms with Crippen LogP contribution in [0.1, 0.15) is 82.7 Å². The Morgan fingerprint density at radius 3 is 2.51 bits per heavy atom. The minimum atomic E-state index is -0.588. The number of aromatic nitrogens is 1. The maximum absolute atomic E-state index is 14.4. The fourth-order valence-electron chi connectivity index (χ4n) is 7.09. The van der Waals surface area contributed by atoms with Crippen molar-refractivity contribution in [1.82, 2.24) is 15.2 Å². The maximum Gasteiger partial charge on any atom is 0.246 e. The van der Waals surface area contributed by atoms with Gasteiger partial charge in [0.1, 0.15) is 17.2 Å². The van der Waals surface area contributed by atoms with Gasteiger partial charge < -0.3 is 15.0 Å². The van der Waals surface area contributed by atoms with Crippen LogP contribution in [0.3, 0.4) is 0 Å². The normalized spacial score (nSPS) is 25.5. The zero-order valence-corrected chi connectivity index (χ0v) is 26.1. The van der Waals surface area contributed by atoms with Crippen LogP contribution >= 0.6 is 11.3 Å². The number of nitrogens with zero attached hydrogens (tertiary/aromatic N) is 2. The van der Waals surface area contributed by atoms with E-state index in [1.165, 1.54) is 0 Å². The monoisotopic (exact) mass is 601 g/mol. The Morgan fingerprint density at radius 1 is 1.00 bits per heavy atom. The molecule has 2 saturated heterocycles. The number of fused-ring (bicyclic) bond motifs is 1. The molecule has 0 radical (unpaired) electrons. The van der Waals surface area contributed by atoms with E-state index in [4.69, 9.17) is 9.72 Å².